The van der Waals surface area contributed by atoms with Crippen LogP contribution in [0, 0.1) is 6.92 Å². The summed E-state index contributed by atoms with van der Waals surface area (Å²) >= 11 is 1.40. The van der Waals surface area contributed by atoms with Crippen LogP contribution in [0.5, 0.6) is 0 Å². The van der Waals surface area contributed by atoms with E-state index in [4.69, 9.17) is 5.73 Å². The largest absolute Gasteiger partial charge is 0.323 e. The Balaban J connectivity index is 1.96. The fraction of sp³-hybridized carbons (Fsp3) is 0.200. The highest BCUT2D eigenvalue weighted by Gasteiger charge is 2.14. The number of benzene rings is 2. The third-order valence-corrected chi connectivity index (χ3v) is 4.30. The molecule has 2 aromatic carbocycles. The van der Waals surface area contributed by atoms with Crippen molar-refractivity contribution in [3.05, 3.63) is 58.6 Å². The molecule has 1 aromatic heterocycles. The number of nitrogens with two attached hydrogens (primary N) is 1. The lowest BCUT2D eigenvalue weighted by molar-refractivity contribution is 0.731. The van der Waals surface area contributed by atoms with Gasteiger partial charge in [0.1, 0.15) is 0 Å². The molecule has 0 fully saturated rings. The fourth-order valence-corrected chi connectivity index (χ4v) is 3.02. The van der Waals surface area contributed by atoms with Crippen molar-refractivity contribution >= 4 is 22.3 Å². The first-order valence-corrected chi connectivity index (χ1v) is 7.04. The SMILES string of the molecule is Cc1nnsc1C(N)Cc1cccc2ccccc12. The molecule has 0 aliphatic carbocycles. The molecule has 0 amide bonds. The predicted octanol–water partition coefficient (Wildman–Crippen LogP) is 3.24. The van der Waals surface area contributed by atoms with E-state index in [1.165, 1.54) is 27.9 Å². The van der Waals surface area contributed by atoms with Crippen LogP contribution < -0.4 is 5.73 Å². The molecule has 2 N–H and O–H groups in total. The van der Waals surface area contributed by atoms with Crippen molar-refractivity contribution in [2.75, 3.05) is 0 Å². The van der Waals surface area contributed by atoms with Crippen LogP contribution in [0.2, 0.25) is 0 Å². The van der Waals surface area contributed by atoms with Gasteiger partial charge in [-0.15, -0.1) is 5.10 Å². The summed E-state index contributed by atoms with van der Waals surface area (Å²) in [6.45, 7) is 1.96. The Morgan fingerprint density at radius 2 is 1.95 bits per heavy atom. The second-order valence-electron chi connectivity index (χ2n) is 4.67. The summed E-state index contributed by atoms with van der Waals surface area (Å²) in [5.74, 6) is 0. The minimum absolute atomic E-state index is 0.0363. The van der Waals surface area contributed by atoms with Gasteiger partial charge in [0, 0.05) is 6.04 Å². The maximum Gasteiger partial charge on any atom is 0.0772 e. The quantitative estimate of drug-likeness (QED) is 0.794. The topological polar surface area (TPSA) is 51.8 Å². The molecule has 0 aliphatic rings. The van der Waals surface area contributed by atoms with Crippen LogP contribution in [-0.4, -0.2) is 9.59 Å². The van der Waals surface area contributed by atoms with Gasteiger partial charge in [0.2, 0.25) is 0 Å². The van der Waals surface area contributed by atoms with Crippen molar-refractivity contribution in [2.45, 2.75) is 19.4 Å². The van der Waals surface area contributed by atoms with E-state index in [2.05, 4.69) is 52.1 Å². The summed E-state index contributed by atoms with van der Waals surface area (Å²) in [4.78, 5) is 1.08. The Kier molecular flexibility index (Phi) is 3.27. The smallest absolute Gasteiger partial charge is 0.0772 e. The lowest BCUT2D eigenvalue weighted by Gasteiger charge is -2.12. The molecular weight excluding hydrogens is 254 g/mol. The van der Waals surface area contributed by atoms with Gasteiger partial charge in [0.25, 0.3) is 0 Å². The Morgan fingerprint density at radius 1 is 1.16 bits per heavy atom. The molecule has 3 aromatic rings. The summed E-state index contributed by atoms with van der Waals surface area (Å²) in [6.07, 6.45) is 0.812. The van der Waals surface area contributed by atoms with E-state index in [-0.39, 0.29) is 6.04 Å². The zero-order valence-electron chi connectivity index (χ0n) is 10.7. The van der Waals surface area contributed by atoms with E-state index in [0.29, 0.717) is 0 Å². The van der Waals surface area contributed by atoms with Crippen LogP contribution in [0.1, 0.15) is 22.2 Å². The van der Waals surface area contributed by atoms with Crippen LogP contribution in [0.3, 0.4) is 0 Å². The highest BCUT2D eigenvalue weighted by Crippen LogP contribution is 2.25. The molecule has 0 saturated carbocycles. The number of aromatic nitrogens is 2. The van der Waals surface area contributed by atoms with Gasteiger partial charge in [-0.1, -0.05) is 47.0 Å². The number of aryl methyl sites for hydroxylation is 1. The summed E-state index contributed by atoms with van der Waals surface area (Å²) in [5.41, 5.74) is 8.51. The number of hydrogen-bond acceptors (Lipinski definition) is 4. The Morgan fingerprint density at radius 3 is 2.74 bits per heavy atom. The summed E-state index contributed by atoms with van der Waals surface area (Å²) < 4.78 is 3.96. The molecule has 19 heavy (non-hydrogen) atoms. The van der Waals surface area contributed by atoms with E-state index < -0.39 is 0 Å². The van der Waals surface area contributed by atoms with E-state index >= 15 is 0 Å². The molecule has 0 bridgehead atoms. The van der Waals surface area contributed by atoms with Crippen LogP contribution >= 0.6 is 11.5 Å². The monoisotopic (exact) mass is 269 g/mol. The molecule has 1 unspecified atom stereocenters. The molecule has 0 spiro atoms. The third-order valence-electron chi connectivity index (χ3n) is 3.34. The Hall–Kier alpha value is -1.78. The number of nitrogens with zero attached hydrogens (tertiary/aromatic N) is 2. The van der Waals surface area contributed by atoms with Crippen LogP contribution in [0.4, 0.5) is 0 Å². The van der Waals surface area contributed by atoms with Crippen LogP contribution in [-0.2, 0) is 6.42 Å². The van der Waals surface area contributed by atoms with Gasteiger partial charge < -0.3 is 5.73 Å². The van der Waals surface area contributed by atoms with Gasteiger partial charge in [-0.3, -0.25) is 0 Å². The minimum atomic E-state index is -0.0363. The molecule has 0 saturated heterocycles. The first-order chi connectivity index (χ1) is 9.25. The zero-order valence-corrected chi connectivity index (χ0v) is 11.5. The van der Waals surface area contributed by atoms with E-state index in [9.17, 15) is 0 Å². The van der Waals surface area contributed by atoms with Gasteiger partial charge in [-0.25, -0.2) is 0 Å². The van der Waals surface area contributed by atoms with E-state index in [0.717, 1.165) is 17.0 Å². The lowest BCUT2D eigenvalue weighted by atomic mass is 9.98. The summed E-state index contributed by atoms with van der Waals surface area (Å²) in [7, 11) is 0. The van der Waals surface area contributed by atoms with Crippen LogP contribution in [0.25, 0.3) is 10.8 Å². The van der Waals surface area contributed by atoms with Crippen molar-refractivity contribution in [3.8, 4) is 0 Å². The second kappa shape index (κ2) is 5.07. The first-order valence-electron chi connectivity index (χ1n) is 6.27. The Labute approximate surface area is 116 Å². The van der Waals surface area contributed by atoms with Crippen molar-refractivity contribution in [3.63, 3.8) is 0 Å². The van der Waals surface area contributed by atoms with E-state index in [1.807, 2.05) is 6.92 Å². The number of hydrogen-bond donors (Lipinski definition) is 1. The molecular formula is C15H15N3S. The highest BCUT2D eigenvalue weighted by molar-refractivity contribution is 7.05. The maximum absolute atomic E-state index is 6.29. The third kappa shape index (κ3) is 2.37. The lowest BCUT2D eigenvalue weighted by Crippen LogP contribution is -2.13. The average molecular weight is 269 g/mol. The van der Waals surface area contributed by atoms with Crippen molar-refractivity contribution < 1.29 is 0 Å². The molecule has 4 heteroatoms. The van der Waals surface area contributed by atoms with Crippen LogP contribution in [0.15, 0.2) is 42.5 Å². The number of rotatable bonds is 3. The number of fused-ring (bicyclic) bond motifs is 1. The van der Waals surface area contributed by atoms with Crippen molar-refractivity contribution in [1.82, 2.24) is 9.59 Å². The fourth-order valence-electron chi connectivity index (χ4n) is 2.38. The standard InChI is InChI=1S/C15H15N3S/c1-10-15(19-18-17-10)14(16)9-12-7-4-6-11-5-2-3-8-13(11)12/h2-8,14H,9,16H2,1H3. The zero-order chi connectivity index (χ0) is 13.2. The van der Waals surface area contributed by atoms with Gasteiger partial charge in [-0.05, 0) is 41.2 Å². The van der Waals surface area contributed by atoms with Crippen molar-refractivity contribution in [2.24, 2.45) is 5.73 Å². The minimum Gasteiger partial charge on any atom is -0.323 e. The molecule has 3 rings (SSSR count). The average Bonchev–Trinajstić information content (AvgIpc) is 2.85. The molecule has 0 radical (unpaired) electrons. The Bertz CT molecular complexity index is 700. The van der Waals surface area contributed by atoms with Gasteiger partial charge >= 0.3 is 0 Å². The van der Waals surface area contributed by atoms with Gasteiger partial charge in [0.15, 0.2) is 0 Å². The van der Waals surface area contributed by atoms with Gasteiger partial charge in [-0.2, -0.15) is 0 Å². The maximum atomic E-state index is 6.29. The van der Waals surface area contributed by atoms with E-state index in [1.54, 1.807) is 0 Å². The predicted molar refractivity (Wildman–Crippen MR) is 79.2 cm³/mol. The molecule has 0 aliphatic heterocycles. The highest BCUT2D eigenvalue weighted by atomic mass is 32.1. The first kappa shape index (κ1) is 12.3. The molecule has 3 nitrogen and oxygen atoms in total. The normalized spacial score (nSPS) is 12.7. The summed E-state index contributed by atoms with van der Waals surface area (Å²) in [6, 6.07) is 14.7. The summed E-state index contributed by atoms with van der Waals surface area (Å²) in [5, 5.41) is 6.56. The second-order valence-corrected chi connectivity index (χ2v) is 5.46. The molecule has 1 atom stereocenters. The van der Waals surface area contributed by atoms with Gasteiger partial charge in [0.05, 0.1) is 10.6 Å². The molecule has 96 valence electrons. The molecule has 1 heterocycles. The van der Waals surface area contributed by atoms with Crippen molar-refractivity contribution in [1.29, 1.82) is 0 Å².